The summed E-state index contributed by atoms with van der Waals surface area (Å²) in [6.07, 6.45) is 5.85. The maximum absolute atomic E-state index is 14.6. The van der Waals surface area contributed by atoms with Crippen molar-refractivity contribution in [3.63, 3.8) is 0 Å². The van der Waals surface area contributed by atoms with Crippen molar-refractivity contribution < 1.29 is 19.0 Å². The van der Waals surface area contributed by atoms with Crippen LogP contribution in [-0.4, -0.2) is 58.7 Å². The van der Waals surface area contributed by atoms with Gasteiger partial charge in [-0.05, 0) is 65.9 Å². The predicted molar refractivity (Wildman–Crippen MR) is 167 cm³/mol. The first-order valence-corrected chi connectivity index (χ1v) is 15.3. The molecule has 1 spiro atoms. The van der Waals surface area contributed by atoms with Crippen LogP contribution in [0.1, 0.15) is 42.4 Å². The lowest BCUT2D eigenvalue weighted by Gasteiger charge is -2.26. The predicted octanol–water partition coefficient (Wildman–Crippen LogP) is 5.77. The number of aromatic nitrogens is 2. The fourth-order valence-corrected chi connectivity index (χ4v) is 7.04. The number of carbonyl (C=O) groups is 1. The van der Waals surface area contributed by atoms with Crippen LogP contribution in [0.2, 0.25) is 0 Å². The van der Waals surface area contributed by atoms with E-state index in [9.17, 15) is 14.3 Å². The lowest BCUT2D eigenvalue weighted by atomic mass is 9.86. The molecule has 3 aromatic carbocycles. The van der Waals surface area contributed by atoms with Crippen molar-refractivity contribution in [2.45, 2.75) is 38.6 Å². The molecule has 2 fully saturated rings. The van der Waals surface area contributed by atoms with Crippen LogP contribution in [0.4, 0.5) is 15.9 Å². The first kappa shape index (κ1) is 28.4. The first-order valence-electron chi connectivity index (χ1n) is 15.3. The molecule has 7 rings (SSSR count). The summed E-state index contributed by atoms with van der Waals surface area (Å²) in [6, 6.07) is 18.6. The van der Waals surface area contributed by atoms with Gasteiger partial charge < -0.3 is 20.1 Å². The Labute approximate surface area is 256 Å². The van der Waals surface area contributed by atoms with Crippen LogP contribution in [0.15, 0.2) is 73.2 Å². The van der Waals surface area contributed by atoms with Crippen LogP contribution in [-0.2, 0) is 17.8 Å². The van der Waals surface area contributed by atoms with E-state index in [1.165, 1.54) is 17.7 Å². The number of carbonyl (C=O) groups excluding carboxylic acids is 1. The minimum atomic E-state index is -0.361. The molecule has 0 saturated carbocycles. The van der Waals surface area contributed by atoms with Gasteiger partial charge in [0.1, 0.15) is 17.9 Å². The fourth-order valence-electron chi connectivity index (χ4n) is 7.04. The zero-order chi connectivity index (χ0) is 30.3. The van der Waals surface area contributed by atoms with Gasteiger partial charge in [0, 0.05) is 55.4 Å². The normalized spacial score (nSPS) is 20.2. The first-order chi connectivity index (χ1) is 21.4. The van der Waals surface area contributed by atoms with E-state index in [1.54, 1.807) is 18.6 Å². The van der Waals surface area contributed by atoms with Crippen molar-refractivity contribution in [2.24, 2.45) is 5.41 Å². The molecular formula is C35H36FN5O3. The molecule has 3 aliphatic heterocycles. The second-order valence-electron chi connectivity index (χ2n) is 12.5. The second kappa shape index (κ2) is 11.6. The molecule has 2 N–H and O–H groups in total. The minimum absolute atomic E-state index is 0.0150. The number of anilines is 2. The molecule has 0 bridgehead atoms. The van der Waals surface area contributed by atoms with Gasteiger partial charge in [0.25, 0.3) is 0 Å². The standard InChI is InChI=1S/C35H36FN5O3/c1-23(19-42)27-4-2-3-5-28(27)29-16-26(36)8-9-31(29)44-32-17-37-22-38-34(32)41-13-11-35(21-41)10-12-40(20-35)18-24-6-7-25-15-33(43)39-30(25)14-24/h2-9,14,16-17,22-23,42H,10-13,15,18-21H2,1H3,(H,39,43). The van der Waals surface area contributed by atoms with Gasteiger partial charge in [-0.2, -0.15) is 0 Å². The lowest BCUT2D eigenvalue weighted by molar-refractivity contribution is -0.115. The Bertz CT molecular complexity index is 1710. The molecule has 4 aromatic rings. The highest BCUT2D eigenvalue weighted by Gasteiger charge is 2.44. The zero-order valence-corrected chi connectivity index (χ0v) is 24.8. The third-order valence-electron chi connectivity index (χ3n) is 9.34. The summed E-state index contributed by atoms with van der Waals surface area (Å²) in [7, 11) is 0. The number of rotatable bonds is 8. The van der Waals surface area contributed by atoms with Crippen molar-refractivity contribution in [3.05, 3.63) is 95.7 Å². The summed E-state index contributed by atoms with van der Waals surface area (Å²) < 4.78 is 21.1. The maximum Gasteiger partial charge on any atom is 0.228 e. The maximum atomic E-state index is 14.6. The van der Waals surface area contributed by atoms with Crippen LogP contribution < -0.4 is 15.0 Å². The van der Waals surface area contributed by atoms with E-state index in [0.717, 1.165) is 73.8 Å². The number of hydrogen-bond acceptors (Lipinski definition) is 7. The lowest BCUT2D eigenvalue weighted by Crippen LogP contribution is -2.31. The Balaban J connectivity index is 1.09. The summed E-state index contributed by atoms with van der Waals surface area (Å²) in [6.45, 7) is 6.53. The average molecular weight is 594 g/mol. The van der Waals surface area contributed by atoms with E-state index in [2.05, 4.69) is 43.3 Å². The number of nitrogens with one attached hydrogen (secondary N) is 1. The second-order valence-corrected chi connectivity index (χ2v) is 12.5. The Morgan fingerprint density at radius 1 is 1.05 bits per heavy atom. The number of fused-ring (bicyclic) bond motifs is 1. The van der Waals surface area contributed by atoms with E-state index in [4.69, 9.17) is 4.74 Å². The molecule has 3 aliphatic rings. The third-order valence-corrected chi connectivity index (χ3v) is 9.34. The van der Waals surface area contributed by atoms with Gasteiger partial charge in [0.2, 0.25) is 5.91 Å². The number of likely N-dealkylation sites (tertiary alicyclic amines) is 1. The molecule has 1 aromatic heterocycles. The van der Waals surface area contributed by atoms with Crippen LogP contribution in [0.25, 0.3) is 11.1 Å². The summed E-state index contributed by atoms with van der Waals surface area (Å²) >= 11 is 0. The van der Waals surface area contributed by atoms with E-state index in [-0.39, 0.29) is 29.7 Å². The van der Waals surface area contributed by atoms with Gasteiger partial charge in [0.05, 0.1) is 12.6 Å². The minimum Gasteiger partial charge on any atom is -0.451 e. The smallest absolute Gasteiger partial charge is 0.228 e. The fraction of sp³-hybridized carbons (Fsp3) is 0.343. The molecule has 44 heavy (non-hydrogen) atoms. The van der Waals surface area contributed by atoms with Gasteiger partial charge >= 0.3 is 0 Å². The highest BCUT2D eigenvalue weighted by atomic mass is 19.1. The van der Waals surface area contributed by atoms with Gasteiger partial charge in [-0.25, -0.2) is 14.4 Å². The topological polar surface area (TPSA) is 90.8 Å². The molecular weight excluding hydrogens is 557 g/mol. The largest absolute Gasteiger partial charge is 0.451 e. The quantitative estimate of drug-likeness (QED) is 0.268. The Hall–Kier alpha value is -4.34. The van der Waals surface area contributed by atoms with Crippen LogP contribution >= 0.6 is 0 Å². The number of aliphatic hydroxyl groups is 1. The Morgan fingerprint density at radius 3 is 2.80 bits per heavy atom. The van der Waals surface area contributed by atoms with E-state index < -0.39 is 0 Å². The molecule has 226 valence electrons. The van der Waals surface area contributed by atoms with E-state index >= 15 is 0 Å². The van der Waals surface area contributed by atoms with Crippen molar-refractivity contribution in [1.82, 2.24) is 14.9 Å². The number of amides is 1. The summed E-state index contributed by atoms with van der Waals surface area (Å²) in [5.74, 6) is 1.35. The van der Waals surface area contributed by atoms with E-state index in [1.807, 2.05) is 31.2 Å². The number of hydrogen-bond donors (Lipinski definition) is 2. The molecule has 8 nitrogen and oxygen atoms in total. The molecule has 4 heterocycles. The SMILES string of the molecule is CC(CO)c1ccccc1-c1cc(F)ccc1Oc1cncnc1N1CCC2(CCN(Cc3ccc4c(c3)NC(=O)C4)C2)C1. The molecule has 0 radical (unpaired) electrons. The zero-order valence-electron chi connectivity index (χ0n) is 24.8. The van der Waals surface area contributed by atoms with E-state index in [0.29, 0.717) is 23.5 Å². The molecule has 2 unspecified atom stereocenters. The van der Waals surface area contributed by atoms with Crippen molar-refractivity contribution in [2.75, 3.05) is 43.0 Å². The number of nitrogens with zero attached hydrogens (tertiary/aromatic N) is 4. The number of halogens is 1. The van der Waals surface area contributed by atoms with Crippen molar-refractivity contribution in [1.29, 1.82) is 0 Å². The highest BCUT2D eigenvalue weighted by Crippen LogP contribution is 2.45. The van der Waals surface area contributed by atoms with Crippen molar-refractivity contribution >= 4 is 17.4 Å². The number of aliphatic hydroxyl groups excluding tert-OH is 1. The summed E-state index contributed by atoms with van der Waals surface area (Å²) in [5.41, 5.74) is 5.75. The highest BCUT2D eigenvalue weighted by molar-refractivity contribution is 5.99. The van der Waals surface area contributed by atoms with Gasteiger partial charge in [-0.1, -0.05) is 43.3 Å². The Kier molecular flexibility index (Phi) is 7.52. The summed E-state index contributed by atoms with van der Waals surface area (Å²) in [5, 5.41) is 12.8. The van der Waals surface area contributed by atoms with Crippen LogP contribution in [0.3, 0.4) is 0 Å². The molecule has 2 saturated heterocycles. The average Bonchev–Trinajstić information content (AvgIpc) is 3.75. The molecule has 1 amide bonds. The molecule has 0 aliphatic carbocycles. The monoisotopic (exact) mass is 593 g/mol. The van der Waals surface area contributed by atoms with Gasteiger partial charge in [-0.15, -0.1) is 0 Å². The molecule has 2 atom stereocenters. The van der Waals surface area contributed by atoms with Crippen LogP contribution in [0.5, 0.6) is 11.5 Å². The van der Waals surface area contributed by atoms with Crippen molar-refractivity contribution in [3.8, 4) is 22.6 Å². The summed E-state index contributed by atoms with van der Waals surface area (Å²) in [4.78, 5) is 25.5. The number of benzene rings is 3. The molecule has 9 heteroatoms. The van der Waals surface area contributed by atoms with Crippen LogP contribution in [0, 0.1) is 11.2 Å². The number of ether oxygens (including phenoxy) is 1. The Morgan fingerprint density at radius 2 is 1.91 bits per heavy atom. The van der Waals surface area contributed by atoms with Gasteiger partial charge in [-0.3, -0.25) is 9.69 Å². The third kappa shape index (κ3) is 5.53. The van der Waals surface area contributed by atoms with Gasteiger partial charge in [0.15, 0.2) is 11.6 Å².